The molecular formula is C29H44N2O2. The number of rotatable bonds is 2. The van der Waals surface area contributed by atoms with Crippen molar-refractivity contribution in [2.75, 3.05) is 0 Å². The van der Waals surface area contributed by atoms with Crippen LogP contribution < -0.4 is 5.32 Å². The highest BCUT2D eigenvalue weighted by molar-refractivity contribution is 6.50. The molecule has 33 heavy (non-hydrogen) atoms. The van der Waals surface area contributed by atoms with E-state index < -0.39 is 0 Å². The third-order valence-electron chi connectivity index (χ3n) is 4.16. The number of imide groups is 1. The van der Waals surface area contributed by atoms with E-state index in [9.17, 15) is 9.59 Å². The highest BCUT2D eigenvalue weighted by Gasteiger charge is 2.33. The van der Waals surface area contributed by atoms with E-state index >= 15 is 0 Å². The lowest BCUT2D eigenvalue weighted by atomic mass is 9.96. The number of aryl methyl sites for hydroxylation is 1. The summed E-state index contributed by atoms with van der Waals surface area (Å²) >= 11 is 0. The monoisotopic (exact) mass is 452 g/mol. The lowest BCUT2D eigenvalue weighted by Gasteiger charge is -2.03. The van der Waals surface area contributed by atoms with Gasteiger partial charge in [0.05, 0.1) is 11.1 Å². The lowest BCUT2D eigenvalue weighted by molar-refractivity contribution is -0.122. The van der Waals surface area contributed by atoms with Crippen LogP contribution in [0.4, 0.5) is 0 Å². The van der Waals surface area contributed by atoms with Crippen LogP contribution in [0.5, 0.6) is 0 Å². The van der Waals surface area contributed by atoms with Crippen molar-refractivity contribution in [2.24, 2.45) is 7.05 Å². The van der Waals surface area contributed by atoms with Gasteiger partial charge in [-0.2, -0.15) is 0 Å². The third-order valence-corrected chi connectivity index (χ3v) is 4.16. The molecule has 0 radical (unpaired) electrons. The largest absolute Gasteiger partial charge is 0.350 e. The molecule has 0 fully saturated rings. The van der Waals surface area contributed by atoms with E-state index in [-0.39, 0.29) is 11.8 Å². The van der Waals surface area contributed by atoms with Gasteiger partial charge < -0.3 is 4.57 Å². The normalized spacial score (nSPS) is 11.1. The van der Waals surface area contributed by atoms with Crippen LogP contribution in [0.15, 0.2) is 60.8 Å². The van der Waals surface area contributed by atoms with Gasteiger partial charge in [-0.25, -0.2) is 0 Å². The summed E-state index contributed by atoms with van der Waals surface area (Å²) in [5.41, 5.74) is 3.43. The quantitative estimate of drug-likeness (QED) is 0.402. The number of amides is 2. The average Bonchev–Trinajstić information content (AvgIpc) is 3.40. The fourth-order valence-corrected chi connectivity index (χ4v) is 3.13. The van der Waals surface area contributed by atoms with Crippen molar-refractivity contribution in [3.05, 3.63) is 71.9 Å². The molecule has 1 aliphatic rings. The second kappa shape index (κ2) is 18.4. The van der Waals surface area contributed by atoms with Crippen molar-refractivity contribution in [2.45, 2.75) is 69.2 Å². The highest BCUT2D eigenvalue weighted by atomic mass is 16.2. The van der Waals surface area contributed by atoms with Gasteiger partial charge in [0, 0.05) is 29.7 Å². The molecule has 1 aromatic heterocycles. The first kappa shape index (κ1) is 32.0. The number of carbonyl (C=O) groups excluding carboxylic acids is 2. The molecule has 0 aliphatic carbocycles. The Morgan fingerprint density at radius 3 is 1.61 bits per heavy atom. The maximum Gasteiger partial charge on any atom is 0.259 e. The number of nitrogens with zero attached hydrogens (tertiary/aromatic N) is 1. The van der Waals surface area contributed by atoms with E-state index in [1.807, 2.05) is 142 Å². The molecule has 0 spiro atoms. The molecule has 0 saturated heterocycles. The standard InChI is InChI=1S/C19H14N2O2.5C2H6/c1-21-11-14(13-9-5-6-10-15(13)21)17-16(18(22)20-19(17)23)12-7-3-2-4-8-12;5*1-2/h2-11H,1H3,(H,20,22,23);5*1-2H3. The first-order valence-corrected chi connectivity index (χ1v) is 12.4. The summed E-state index contributed by atoms with van der Waals surface area (Å²) in [5, 5.41) is 3.39. The Hall–Kier alpha value is -3.14. The summed E-state index contributed by atoms with van der Waals surface area (Å²) in [4.78, 5) is 24.7. The first-order valence-electron chi connectivity index (χ1n) is 12.4. The fraction of sp³-hybridized carbons (Fsp3) is 0.379. The van der Waals surface area contributed by atoms with Crippen molar-refractivity contribution in [3.63, 3.8) is 0 Å². The minimum Gasteiger partial charge on any atom is -0.350 e. The van der Waals surface area contributed by atoms with Crippen LogP contribution in [-0.4, -0.2) is 16.4 Å². The van der Waals surface area contributed by atoms with Crippen molar-refractivity contribution in [1.29, 1.82) is 0 Å². The molecule has 0 unspecified atom stereocenters. The molecule has 0 saturated carbocycles. The number of aromatic nitrogens is 1. The molecule has 3 aromatic rings. The Labute approximate surface area is 201 Å². The summed E-state index contributed by atoms with van der Waals surface area (Å²) in [7, 11) is 1.93. The smallest absolute Gasteiger partial charge is 0.259 e. The number of carbonyl (C=O) groups is 2. The molecule has 0 atom stereocenters. The van der Waals surface area contributed by atoms with Gasteiger partial charge in [0.1, 0.15) is 0 Å². The van der Waals surface area contributed by atoms with Gasteiger partial charge >= 0.3 is 0 Å². The van der Waals surface area contributed by atoms with E-state index in [0.717, 1.165) is 22.0 Å². The zero-order valence-electron chi connectivity index (χ0n) is 22.5. The summed E-state index contributed by atoms with van der Waals surface area (Å²) in [6, 6.07) is 17.2. The van der Waals surface area contributed by atoms with Crippen LogP contribution in [0.25, 0.3) is 22.0 Å². The van der Waals surface area contributed by atoms with E-state index in [4.69, 9.17) is 0 Å². The Balaban J connectivity index is 0. The molecule has 2 aromatic carbocycles. The van der Waals surface area contributed by atoms with E-state index in [0.29, 0.717) is 11.1 Å². The van der Waals surface area contributed by atoms with Crippen LogP contribution in [-0.2, 0) is 16.6 Å². The minimum absolute atomic E-state index is 0.342. The van der Waals surface area contributed by atoms with Gasteiger partial charge in [-0.05, 0) is 11.6 Å². The van der Waals surface area contributed by atoms with Crippen LogP contribution >= 0.6 is 0 Å². The topological polar surface area (TPSA) is 51.1 Å². The van der Waals surface area contributed by atoms with E-state index in [1.54, 1.807) is 0 Å². The molecule has 2 heterocycles. The molecule has 4 rings (SSSR count). The first-order chi connectivity index (χ1) is 16.2. The van der Waals surface area contributed by atoms with Gasteiger partial charge in [-0.1, -0.05) is 118 Å². The van der Waals surface area contributed by atoms with Gasteiger partial charge in [0.2, 0.25) is 0 Å². The maximum absolute atomic E-state index is 12.4. The average molecular weight is 453 g/mol. The van der Waals surface area contributed by atoms with Crippen LogP contribution in [0, 0.1) is 0 Å². The summed E-state index contributed by atoms with van der Waals surface area (Å²) in [6.45, 7) is 20.0. The number of benzene rings is 2. The van der Waals surface area contributed by atoms with Crippen LogP contribution in [0.1, 0.15) is 80.4 Å². The Kier molecular flexibility index (Phi) is 17.9. The number of nitrogens with one attached hydrogen (secondary N) is 1. The van der Waals surface area contributed by atoms with Crippen LogP contribution in [0.3, 0.4) is 0 Å². The van der Waals surface area contributed by atoms with Crippen molar-refractivity contribution in [1.82, 2.24) is 9.88 Å². The van der Waals surface area contributed by atoms with Gasteiger partial charge in [-0.15, -0.1) is 0 Å². The van der Waals surface area contributed by atoms with Crippen molar-refractivity contribution >= 4 is 33.9 Å². The zero-order chi connectivity index (χ0) is 26.0. The van der Waals surface area contributed by atoms with Crippen LogP contribution in [0.2, 0.25) is 0 Å². The van der Waals surface area contributed by atoms with Gasteiger partial charge in [0.25, 0.3) is 11.8 Å². The number of fused-ring (bicyclic) bond motifs is 1. The molecule has 4 nitrogen and oxygen atoms in total. The fourth-order valence-electron chi connectivity index (χ4n) is 3.13. The Bertz CT molecular complexity index is 983. The number of para-hydroxylation sites is 1. The number of hydrogen-bond acceptors (Lipinski definition) is 2. The van der Waals surface area contributed by atoms with E-state index in [1.165, 1.54) is 0 Å². The van der Waals surface area contributed by atoms with E-state index in [2.05, 4.69) is 5.32 Å². The SMILES string of the molecule is CC.CC.CC.CC.CC.Cn1cc(C2=C(c3ccccc3)C(=O)NC2=O)c2ccccc21. The maximum atomic E-state index is 12.4. The molecule has 0 bridgehead atoms. The molecule has 2 amide bonds. The summed E-state index contributed by atoms with van der Waals surface area (Å²) in [5.74, 6) is -0.686. The van der Waals surface area contributed by atoms with Gasteiger partial charge in [-0.3, -0.25) is 14.9 Å². The minimum atomic E-state index is -0.343. The highest BCUT2D eigenvalue weighted by Crippen LogP contribution is 2.35. The van der Waals surface area contributed by atoms with Crippen molar-refractivity contribution in [3.8, 4) is 0 Å². The molecule has 4 heteroatoms. The Morgan fingerprint density at radius 2 is 1.06 bits per heavy atom. The predicted molar refractivity (Wildman–Crippen MR) is 146 cm³/mol. The second-order valence-electron chi connectivity index (χ2n) is 5.57. The lowest BCUT2D eigenvalue weighted by Crippen LogP contribution is -2.22. The Morgan fingerprint density at radius 1 is 0.606 bits per heavy atom. The van der Waals surface area contributed by atoms with Crippen molar-refractivity contribution < 1.29 is 9.59 Å². The molecule has 182 valence electrons. The molecule has 1 aliphatic heterocycles. The molecular weight excluding hydrogens is 408 g/mol. The summed E-state index contributed by atoms with van der Waals surface area (Å²) < 4.78 is 1.97. The molecule has 1 N–H and O–H groups in total. The van der Waals surface area contributed by atoms with Gasteiger partial charge in [0.15, 0.2) is 0 Å². The number of hydrogen-bond donors (Lipinski definition) is 1. The summed E-state index contributed by atoms with van der Waals surface area (Å²) in [6.07, 6.45) is 1.90. The predicted octanol–water partition coefficient (Wildman–Crippen LogP) is 7.88. The second-order valence-corrected chi connectivity index (χ2v) is 5.57. The zero-order valence-corrected chi connectivity index (χ0v) is 22.5. The third kappa shape index (κ3) is 7.74.